The Kier molecular flexibility index (Phi) is 5.25. The van der Waals surface area contributed by atoms with Crippen LogP contribution in [0.2, 0.25) is 0 Å². The van der Waals surface area contributed by atoms with Gasteiger partial charge in [-0.2, -0.15) is 0 Å². The van der Waals surface area contributed by atoms with E-state index in [-0.39, 0.29) is 5.91 Å². The average molecular weight is 309 g/mol. The first-order valence-electron chi connectivity index (χ1n) is 8.36. The number of nitrogens with zero attached hydrogens (tertiary/aromatic N) is 2. The minimum Gasteiger partial charge on any atom is -0.383 e. The molecule has 0 radical (unpaired) electrons. The second-order valence-electron chi connectivity index (χ2n) is 5.95. The molecule has 1 aromatic heterocycles. The van der Waals surface area contributed by atoms with E-state index in [0.29, 0.717) is 5.69 Å². The Labute approximate surface area is 137 Å². The molecule has 23 heavy (non-hydrogen) atoms. The molecule has 120 valence electrons. The highest BCUT2D eigenvalue weighted by Gasteiger charge is 2.18. The first-order chi connectivity index (χ1) is 11.3. The summed E-state index contributed by atoms with van der Waals surface area (Å²) in [5.74, 6) is 0.0561. The Morgan fingerprint density at radius 1 is 1.04 bits per heavy atom. The van der Waals surface area contributed by atoms with Crippen molar-refractivity contribution in [3.05, 3.63) is 59.9 Å². The molecule has 2 heterocycles. The third-order valence-corrected chi connectivity index (χ3v) is 4.21. The Morgan fingerprint density at radius 2 is 1.83 bits per heavy atom. The third kappa shape index (κ3) is 4.31. The molecule has 1 fully saturated rings. The molecule has 2 aromatic rings. The van der Waals surface area contributed by atoms with E-state index in [1.54, 1.807) is 6.20 Å². The number of amides is 1. The number of nitrogens with one attached hydrogen (secondary N) is 1. The van der Waals surface area contributed by atoms with Gasteiger partial charge in [0.15, 0.2) is 0 Å². The number of anilines is 1. The highest BCUT2D eigenvalue weighted by atomic mass is 16.2. The molecular weight excluding hydrogens is 286 g/mol. The lowest BCUT2D eigenvalue weighted by atomic mass is 10.1. The molecule has 1 aliphatic heterocycles. The number of likely N-dealkylation sites (tertiary alicyclic amines) is 1. The zero-order valence-corrected chi connectivity index (χ0v) is 13.4. The fraction of sp³-hybridized carbons (Fsp3) is 0.368. The summed E-state index contributed by atoms with van der Waals surface area (Å²) in [7, 11) is 0. The highest BCUT2D eigenvalue weighted by Crippen LogP contribution is 2.13. The van der Waals surface area contributed by atoms with Crippen molar-refractivity contribution >= 4 is 11.6 Å². The fourth-order valence-electron chi connectivity index (χ4n) is 2.88. The van der Waals surface area contributed by atoms with Gasteiger partial charge in [0.1, 0.15) is 5.69 Å². The monoisotopic (exact) mass is 309 g/mol. The maximum absolute atomic E-state index is 12.4. The van der Waals surface area contributed by atoms with Crippen LogP contribution < -0.4 is 5.32 Å². The average Bonchev–Trinajstić information content (AvgIpc) is 2.63. The summed E-state index contributed by atoms with van der Waals surface area (Å²) < 4.78 is 0. The fourth-order valence-corrected chi connectivity index (χ4v) is 2.88. The number of rotatable bonds is 5. The molecule has 0 atom stereocenters. The van der Waals surface area contributed by atoms with Crippen LogP contribution in [0.1, 0.15) is 35.3 Å². The van der Waals surface area contributed by atoms with Crippen LogP contribution in [0, 0.1) is 0 Å². The second kappa shape index (κ2) is 7.77. The molecule has 0 saturated carbocycles. The number of hydrogen-bond donors (Lipinski definition) is 1. The van der Waals surface area contributed by atoms with Crippen LogP contribution in [-0.4, -0.2) is 35.4 Å². The summed E-state index contributed by atoms with van der Waals surface area (Å²) in [4.78, 5) is 18.6. The Balaban J connectivity index is 1.51. The van der Waals surface area contributed by atoms with E-state index >= 15 is 0 Å². The van der Waals surface area contributed by atoms with Crippen LogP contribution in [0.5, 0.6) is 0 Å². The number of carbonyl (C=O) groups excluding carboxylic acids is 1. The predicted molar refractivity (Wildman–Crippen MR) is 92.6 cm³/mol. The van der Waals surface area contributed by atoms with Crippen LogP contribution in [0.25, 0.3) is 0 Å². The van der Waals surface area contributed by atoms with E-state index < -0.39 is 0 Å². The van der Waals surface area contributed by atoms with E-state index in [2.05, 4.69) is 34.6 Å². The number of hydrogen-bond acceptors (Lipinski definition) is 3. The highest BCUT2D eigenvalue weighted by molar-refractivity contribution is 5.92. The summed E-state index contributed by atoms with van der Waals surface area (Å²) >= 11 is 0. The molecule has 0 bridgehead atoms. The molecule has 1 saturated heterocycles. The molecule has 3 rings (SSSR count). The smallest absolute Gasteiger partial charge is 0.272 e. The van der Waals surface area contributed by atoms with Crippen molar-refractivity contribution < 1.29 is 4.79 Å². The van der Waals surface area contributed by atoms with Gasteiger partial charge in [-0.25, -0.2) is 4.98 Å². The summed E-state index contributed by atoms with van der Waals surface area (Å²) in [5, 5.41) is 3.35. The van der Waals surface area contributed by atoms with Gasteiger partial charge in [0.05, 0.1) is 11.9 Å². The summed E-state index contributed by atoms with van der Waals surface area (Å²) in [6.07, 6.45) is 6.15. The molecule has 1 N–H and O–H groups in total. The molecule has 1 aliphatic rings. The van der Waals surface area contributed by atoms with Gasteiger partial charge in [-0.1, -0.05) is 30.3 Å². The van der Waals surface area contributed by atoms with Gasteiger partial charge in [-0.05, 0) is 43.4 Å². The maximum Gasteiger partial charge on any atom is 0.272 e. The summed E-state index contributed by atoms with van der Waals surface area (Å²) in [6, 6.07) is 14.1. The zero-order chi connectivity index (χ0) is 15.9. The van der Waals surface area contributed by atoms with Gasteiger partial charge >= 0.3 is 0 Å². The topological polar surface area (TPSA) is 45.2 Å². The van der Waals surface area contributed by atoms with E-state index in [4.69, 9.17) is 0 Å². The zero-order valence-electron chi connectivity index (χ0n) is 13.4. The van der Waals surface area contributed by atoms with Gasteiger partial charge in [0, 0.05) is 19.6 Å². The lowest BCUT2D eigenvalue weighted by Crippen LogP contribution is -2.36. The number of aromatic nitrogens is 1. The minimum atomic E-state index is 0.0561. The first kappa shape index (κ1) is 15.5. The van der Waals surface area contributed by atoms with Crippen LogP contribution in [0.4, 0.5) is 5.69 Å². The maximum atomic E-state index is 12.4. The minimum absolute atomic E-state index is 0.0561. The van der Waals surface area contributed by atoms with Crippen molar-refractivity contribution in [1.82, 2.24) is 9.88 Å². The van der Waals surface area contributed by atoms with Crippen molar-refractivity contribution in [3.63, 3.8) is 0 Å². The van der Waals surface area contributed by atoms with Crippen molar-refractivity contribution in [2.24, 2.45) is 0 Å². The van der Waals surface area contributed by atoms with E-state index in [9.17, 15) is 4.79 Å². The molecular formula is C19H23N3O. The quantitative estimate of drug-likeness (QED) is 0.921. The predicted octanol–water partition coefficient (Wildman–Crippen LogP) is 3.36. The normalized spacial score (nSPS) is 14.5. The lowest BCUT2D eigenvalue weighted by molar-refractivity contribution is 0.0718. The van der Waals surface area contributed by atoms with Crippen LogP contribution in [0.3, 0.4) is 0 Å². The first-order valence-corrected chi connectivity index (χ1v) is 8.36. The molecule has 1 aromatic carbocycles. The van der Waals surface area contributed by atoms with Gasteiger partial charge in [0.25, 0.3) is 5.91 Å². The SMILES string of the molecule is O=C(c1ccc(NCCc2ccccc2)cn1)N1CCCCC1. The molecule has 1 amide bonds. The van der Waals surface area contributed by atoms with E-state index in [1.165, 1.54) is 12.0 Å². The van der Waals surface area contributed by atoms with Crippen molar-refractivity contribution in [2.75, 3.05) is 25.0 Å². The standard InChI is InChI=1S/C19H23N3O/c23-19(22-13-5-2-6-14-22)18-10-9-17(15-21-18)20-12-11-16-7-3-1-4-8-16/h1,3-4,7-10,15,20H,2,5-6,11-14H2. The van der Waals surface area contributed by atoms with Crippen LogP contribution >= 0.6 is 0 Å². The van der Waals surface area contributed by atoms with Crippen LogP contribution in [-0.2, 0) is 6.42 Å². The van der Waals surface area contributed by atoms with Gasteiger partial charge in [-0.3, -0.25) is 4.79 Å². The second-order valence-corrected chi connectivity index (χ2v) is 5.95. The Morgan fingerprint density at radius 3 is 2.52 bits per heavy atom. The van der Waals surface area contributed by atoms with Crippen molar-refractivity contribution in [2.45, 2.75) is 25.7 Å². The van der Waals surface area contributed by atoms with Crippen molar-refractivity contribution in [3.8, 4) is 0 Å². The third-order valence-electron chi connectivity index (χ3n) is 4.21. The number of piperidine rings is 1. The van der Waals surface area contributed by atoms with E-state index in [0.717, 1.165) is 44.6 Å². The molecule has 4 heteroatoms. The Bertz CT molecular complexity index is 619. The lowest BCUT2D eigenvalue weighted by Gasteiger charge is -2.26. The largest absolute Gasteiger partial charge is 0.383 e. The summed E-state index contributed by atoms with van der Waals surface area (Å²) in [6.45, 7) is 2.57. The Hall–Kier alpha value is -2.36. The summed E-state index contributed by atoms with van der Waals surface area (Å²) in [5.41, 5.74) is 2.81. The van der Waals surface area contributed by atoms with Crippen LogP contribution in [0.15, 0.2) is 48.7 Å². The molecule has 0 aliphatic carbocycles. The van der Waals surface area contributed by atoms with Gasteiger partial charge < -0.3 is 10.2 Å². The molecule has 4 nitrogen and oxygen atoms in total. The van der Waals surface area contributed by atoms with Gasteiger partial charge in [-0.15, -0.1) is 0 Å². The van der Waals surface area contributed by atoms with E-state index in [1.807, 2.05) is 23.1 Å². The molecule has 0 unspecified atom stereocenters. The number of benzene rings is 1. The molecule has 0 spiro atoms. The number of pyridine rings is 1. The number of carbonyl (C=O) groups is 1. The van der Waals surface area contributed by atoms with Gasteiger partial charge in [0.2, 0.25) is 0 Å². The van der Waals surface area contributed by atoms with Crippen molar-refractivity contribution in [1.29, 1.82) is 0 Å².